The van der Waals surface area contributed by atoms with Crippen LogP contribution in [0.1, 0.15) is 0 Å². The Bertz CT molecular complexity index is 879. The number of nitrogens with zero attached hydrogens (tertiary/aromatic N) is 3. The summed E-state index contributed by atoms with van der Waals surface area (Å²) < 4.78 is 12.3. The maximum atomic E-state index is 8.87. The van der Waals surface area contributed by atoms with Gasteiger partial charge in [-0.3, -0.25) is 5.41 Å². The Morgan fingerprint density at radius 1 is 1.38 bits per heavy atom. The number of rotatable bonds is 5. The van der Waals surface area contributed by atoms with Gasteiger partial charge in [-0.25, -0.2) is 9.51 Å². The van der Waals surface area contributed by atoms with Gasteiger partial charge in [-0.05, 0) is 18.2 Å². The quantitative estimate of drug-likeness (QED) is 0.713. The SMILES string of the molecule is COc1nn2ccccc2c1/N=C1\C=C(OCCO)C(=N)C=C1N. The number of hydrogen-bond donors (Lipinski definition) is 3. The molecule has 124 valence electrons. The van der Waals surface area contributed by atoms with Gasteiger partial charge in [-0.1, -0.05) is 6.07 Å². The summed E-state index contributed by atoms with van der Waals surface area (Å²) in [6.07, 6.45) is 4.83. The average Bonchev–Trinajstić information content (AvgIpc) is 2.94. The molecular formula is C16H17N5O3. The highest BCUT2D eigenvalue weighted by Gasteiger charge is 2.18. The third kappa shape index (κ3) is 2.86. The number of nitrogens with one attached hydrogen (secondary N) is 1. The minimum absolute atomic E-state index is 0.0925. The molecule has 8 nitrogen and oxygen atoms in total. The van der Waals surface area contributed by atoms with Gasteiger partial charge in [-0.2, -0.15) is 0 Å². The second kappa shape index (κ2) is 6.55. The second-order valence-electron chi connectivity index (χ2n) is 4.98. The third-order valence-corrected chi connectivity index (χ3v) is 3.39. The highest BCUT2D eigenvalue weighted by molar-refractivity contribution is 6.22. The first kappa shape index (κ1) is 15.8. The zero-order valence-electron chi connectivity index (χ0n) is 13.1. The first-order valence-electron chi connectivity index (χ1n) is 7.26. The molecule has 2 heterocycles. The number of fused-ring (bicyclic) bond motifs is 1. The Labute approximate surface area is 138 Å². The number of nitrogens with two attached hydrogens (primary N) is 1. The van der Waals surface area contributed by atoms with Crippen LogP contribution >= 0.6 is 0 Å². The summed E-state index contributed by atoms with van der Waals surface area (Å²) in [5.74, 6) is 0.667. The molecule has 24 heavy (non-hydrogen) atoms. The summed E-state index contributed by atoms with van der Waals surface area (Å²) in [7, 11) is 1.52. The summed E-state index contributed by atoms with van der Waals surface area (Å²) in [5, 5.41) is 21.1. The first-order chi connectivity index (χ1) is 11.6. The molecule has 2 aromatic heterocycles. The van der Waals surface area contributed by atoms with E-state index in [1.807, 2.05) is 18.2 Å². The van der Waals surface area contributed by atoms with Gasteiger partial charge in [-0.15, -0.1) is 5.10 Å². The van der Waals surface area contributed by atoms with Crippen molar-refractivity contribution in [2.24, 2.45) is 10.7 Å². The van der Waals surface area contributed by atoms with Crippen molar-refractivity contribution in [3.05, 3.63) is 48.0 Å². The summed E-state index contributed by atoms with van der Waals surface area (Å²) in [6, 6.07) is 5.60. The highest BCUT2D eigenvalue weighted by atomic mass is 16.5. The van der Waals surface area contributed by atoms with Gasteiger partial charge in [0, 0.05) is 12.3 Å². The van der Waals surface area contributed by atoms with Crippen molar-refractivity contribution in [1.29, 1.82) is 5.41 Å². The molecule has 2 aromatic rings. The number of aromatic nitrogens is 2. The van der Waals surface area contributed by atoms with E-state index in [2.05, 4.69) is 10.1 Å². The molecule has 4 N–H and O–H groups in total. The van der Waals surface area contributed by atoms with Crippen molar-refractivity contribution in [3.8, 4) is 5.88 Å². The van der Waals surface area contributed by atoms with Crippen LogP contribution in [0.4, 0.5) is 5.69 Å². The number of aliphatic hydroxyl groups is 1. The zero-order chi connectivity index (χ0) is 17.1. The lowest BCUT2D eigenvalue weighted by atomic mass is 10.1. The standard InChI is InChI=1S/C16H17N5O3/c1-23-16-15(13-4-2-3-5-21(13)20-16)19-12-9-14(24-7-6-22)11(18)8-10(12)17/h2-5,8-9,18,22H,6-7,17H2,1H3/b18-11?,19-12+. The fourth-order valence-electron chi connectivity index (χ4n) is 2.28. The van der Waals surface area contributed by atoms with Crippen LogP contribution in [0.2, 0.25) is 0 Å². The van der Waals surface area contributed by atoms with Crippen LogP contribution in [-0.2, 0) is 4.74 Å². The third-order valence-electron chi connectivity index (χ3n) is 3.39. The van der Waals surface area contributed by atoms with E-state index in [-0.39, 0.29) is 18.9 Å². The maximum absolute atomic E-state index is 8.87. The molecule has 0 amide bonds. The molecule has 0 fully saturated rings. The van der Waals surface area contributed by atoms with E-state index in [4.69, 9.17) is 25.7 Å². The van der Waals surface area contributed by atoms with Crippen LogP contribution in [0.15, 0.2) is 53.0 Å². The van der Waals surface area contributed by atoms with Crippen LogP contribution in [-0.4, -0.2) is 46.5 Å². The van der Waals surface area contributed by atoms with Crippen molar-refractivity contribution in [2.45, 2.75) is 0 Å². The lowest BCUT2D eigenvalue weighted by Gasteiger charge is -2.14. The molecule has 0 aliphatic heterocycles. The second-order valence-corrected chi connectivity index (χ2v) is 4.98. The van der Waals surface area contributed by atoms with Crippen molar-refractivity contribution in [3.63, 3.8) is 0 Å². The van der Waals surface area contributed by atoms with E-state index < -0.39 is 0 Å². The monoisotopic (exact) mass is 327 g/mol. The van der Waals surface area contributed by atoms with Gasteiger partial charge in [0.2, 0.25) is 0 Å². The molecule has 3 rings (SSSR count). The number of methoxy groups -OCH3 is 1. The summed E-state index contributed by atoms with van der Waals surface area (Å²) in [6.45, 7) is -0.0482. The average molecular weight is 327 g/mol. The lowest BCUT2D eigenvalue weighted by molar-refractivity contribution is 0.156. The minimum atomic E-state index is -0.141. The Morgan fingerprint density at radius 2 is 2.21 bits per heavy atom. The van der Waals surface area contributed by atoms with Crippen molar-refractivity contribution in [2.75, 3.05) is 20.3 Å². The Morgan fingerprint density at radius 3 is 2.96 bits per heavy atom. The van der Waals surface area contributed by atoms with E-state index >= 15 is 0 Å². The molecule has 0 spiro atoms. The van der Waals surface area contributed by atoms with E-state index in [9.17, 15) is 0 Å². The van der Waals surface area contributed by atoms with Crippen LogP contribution < -0.4 is 10.5 Å². The molecule has 1 aliphatic carbocycles. The maximum Gasteiger partial charge on any atom is 0.259 e. The molecular weight excluding hydrogens is 310 g/mol. The molecule has 0 saturated carbocycles. The van der Waals surface area contributed by atoms with Crippen molar-refractivity contribution in [1.82, 2.24) is 9.61 Å². The van der Waals surface area contributed by atoms with Crippen LogP contribution in [0, 0.1) is 5.41 Å². The molecule has 0 atom stereocenters. The number of hydrogen-bond acceptors (Lipinski definition) is 7. The largest absolute Gasteiger partial charge is 0.489 e. The number of ether oxygens (including phenoxy) is 2. The van der Waals surface area contributed by atoms with Crippen LogP contribution in [0.25, 0.3) is 5.52 Å². The first-order valence-corrected chi connectivity index (χ1v) is 7.26. The minimum Gasteiger partial charge on any atom is -0.489 e. The number of allylic oxidation sites excluding steroid dienone is 2. The Balaban J connectivity index is 2.08. The normalized spacial score (nSPS) is 16.2. The molecule has 0 radical (unpaired) electrons. The Kier molecular flexibility index (Phi) is 4.30. The molecule has 0 saturated heterocycles. The van der Waals surface area contributed by atoms with E-state index in [1.54, 1.807) is 16.8 Å². The summed E-state index contributed by atoms with van der Waals surface area (Å²) in [5.41, 5.74) is 8.20. The number of pyridine rings is 1. The smallest absolute Gasteiger partial charge is 0.259 e. The molecule has 0 aromatic carbocycles. The van der Waals surface area contributed by atoms with Gasteiger partial charge < -0.3 is 20.3 Å². The molecule has 0 unspecified atom stereocenters. The van der Waals surface area contributed by atoms with Gasteiger partial charge in [0.15, 0.2) is 5.69 Å². The Hall–Kier alpha value is -3.13. The van der Waals surface area contributed by atoms with Crippen molar-refractivity contribution >= 4 is 22.6 Å². The molecule has 8 heteroatoms. The fourth-order valence-corrected chi connectivity index (χ4v) is 2.28. The lowest BCUT2D eigenvalue weighted by Crippen LogP contribution is -2.20. The topological polar surface area (TPSA) is 118 Å². The van der Waals surface area contributed by atoms with Gasteiger partial charge in [0.1, 0.15) is 12.4 Å². The van der Waals surface area contributed by atoms with Crippen LogP contribution in [0.5, 0.6) is 5.88 Å². The van der Waals surface area contributed by atoms with Gasteiger partial charge in [0.05, 0.1) is 36.4 Å². The van der Waals surface area contributed by atoms with E-state index in [1.165, 1.54) is 13.2 Å². The van der Waals surface area contributed by atoms with E-state index in [0.717, 1.165) is 5.52 Å². The van der Waals surface area contributed by atoms with E-state index in [0.29, 0.717) is 28.7 Å². The van der Waals surface area contributed by atoms with Crippen LogP contribution in [0.3, 0.4) is 0 Å². The number of aliphatic hydroxyl groups excluding tert-OH is 1. The summed E-state index contributed by atoms with van der Waals surface area (Å²) in [4.78, 5) is 4.55. The van der Waals surface area contributed by atoms with Gasteiger partial charge in [0.25, 0.3) is 5.88 Å². The molecule has 0 bridgehead atoms. The number of aliphatic imine (C=N–C) groups is 1. The predicted molar refractivity (Wildman–Crippen MR) is 90.0 cm³/mol. The fraction of sp³-hybridized carbons (Fsp3) is 0.188. The highest BCUT2D eigenvalue weighted by Crippen LogP contribution is 2.32. The molecule has 1 aliphatic rings. The van der Waals surface area contributed by atoms with Gasteiger partial charge >= 0.3 is 0 Å². The van der Waals surface area contributed by atoms with Crippen molar-refractivity contribution < 1.29 is 14.6 Å². The zero-order valence-corrected chi connectivity index (χ0v) is 13.1. The summed E-state index contributed by atoms with van der Waals surface area (Å²) >= 11 is 0. The predicted octanol–water partition coefficient (Wildman–Crippen LogP) is 1.18.